The van der Waals surface area contributed by atoms with E-state index < -0.39 is 0 Å². The highest BCUT2D eigenvalue weighted by Gasteiger charge is 2.23. The van der Waals surface area contributed by atoms with Crippen LogP contribution in [0.1, 0.15) is 51.0 Å². The van der Waals surface area contributed by atoms with E-state index in [1.54, 1.807) is 0 Å². The van der Waals surface area contributed by atoms with Crippen molar-refractivity contribution in [1.82, 2.24) is 14.6 Å². The van der Waals surface area contributed by atoms with Gasteiger partial charge in [-0.2, -0.15) is 4.98 Å². The molecule has 20 heavy (non-hydrogen) atoms. The summed E-state index contributed by atoms with van der Waals surface area (Å²) in [6, 6.07) is 4.60. The lowest BCUT2D eigenvalue weighted by atomic mass is 9.83. The summed E-state index contributed by atoms with van der Waals surface area (Å²) in [5.41, 5.74) is 2.12. The predicted molar refractivity (Wildman–Crippen MR) is 82.0 cm³/mol. The largest absolute Gasteiger partial charge is 0.350 e. The molecule has 1 fully saturated rings. The molecule has 2 heterocycles. The van der Waals surface area contributed by atoms with Gasteiger partial charge < -0.3 is 5.32 Å². The third kappa shape index (κ3) is 2.65. The molecule has 4 heteroatoms. The number of hydrogen-bond acceptors (Lipinski definition) is 3. The summed E-state index contributed by atoms with van der Waals surface area (Å²) >= 11 is 0. The van der Waals surface area contributed by atoms with Crippen LogP contribution in [0, 0.1) is 12.8 Å². The molecule has 0 spiro atoms. The van der Waals surface area contributed by atoms with Crippen molar-refractivity contribution < 1.29 is 0 Å². The van der Waals surface area contributed by atoms with Gasteiger partial charge in [-0.05, 0) is 43.7 Å². The van der Waals surface area contributed by atoms with Crippen molar-refractivity contribution in [2.24, 2.45) is 5.92 Å². The third-order valence-corrected chi connectivity index (χ3v) is 4.53. The van der Waals surface area contributed by atoms with Crippen LogP contribution in [0.25, 0.3) is 5.65 Å². The molecule has 1 unspecified atom stereocenters. The van der Waals surface area contributed by atoms with Crippen LogP contribution in [0.3, 0.4) is 0 Å². The standard InChI is InChI=1S/C16H24N4/c1-3-14(13-9-5-4-6-10-13)17-16-18-15-12(2)8-7-11-20(15)19-16/h7-8,11,13-14H,3-6,9-10H2,1-2H3,(H,17,19). The van der Waals surface area contributed by atoms with E-state index in [1.165, 1.54) is 37.7 Å². The van der Waals surface area contributed by atoms with Crippen LogP contribution >= 0.6 is 0 Å². The Bertz CT molecular complexity index is 569. The lowest BCUT2D eigenvalue weighted by molar-refractivity contribution is 0.312. The van der Waals surface area contributed by atoms with Gasteiger partial charge in [0.15, 0.2) is 5.65 Å². The first-order valence-electron chi connectivity index (χ1n) is 7.86. The van der Waals surface area contributed by atoms with Crippen LogP contribution in [0.2, 0.25) is 0 Å². The van der Waals surface area contributed by atoms with Gasteiger partial charge in [0.1, 0.15) is 0 Å². The molecule has 4 nitrogen and oxygen atoms in total. The number of aryl methyl sites for hydroxylation is 1. The van der Waals surface area contributed by atoms with E-state index >= 15 is 0 Å². The van der Waals surface area contributed by atoms with E-state index in [2.05, 4.69) is 35.3 Å². The fourth-order valence-electron chi connectivity index (χ4n) is 3.36. The van der Waals surface area contributed by atoms with E-state index in [1.807, 2.05) is 16.8 Å². The Morgan fingerprint density at radius 2 is 2.15 bits per heavy atom. The number of pyridine rings is 1. The predicted octanol–water partition coefficient (Wildman–Crippen LogP) is 3.81. The maximum atomic E-state index is 4.64. The SMILES string of the molecule is CCC(Nc1nc2c(C)cccn2n1)C1CCCCC1. The molecule has 1 N–H and O–H groups in total. The van der Waals surface area contributed by atoms with Crippen LogP contribution in [0.5, 0.6) is 0 Å². The van der Waals surface area contributed by atoms with Crippen molar-refractivity contribution in [3.8, 4) is 0 Å². The number of hydrogen-bond donors (Lipinski definition) is 1. The van der Waals surface area contributed by atoms with Gasteiger partial charge in [-0.1, -0.05) is 32.3 Å². The first kappa shape index (κ1) is 13.4. The lowest BCUT2D eigenvalue weighted by Crippen LogP contribution is -2.30. The van der Waals surface area contributed by atoms with Crippen molar-refractivity contribution in [2.75, 3.05) is 5.32 Å². The average molecular weight is 272 g/mol. The molecule has 1 atom stereocenters. The molecule has 0 saturated heterocycles. The zero-order chi connectivity index (χ0) is 13.9. The summed E-state index contributed by atoms with van der Waals surface area (Å²) in [7, 11) is 0. The minimum Gasteiger partial charge on any atom is -0.350 e. The average Bonchev–Trinajstić information content (AvgIpc) is 2.90. The van der Waals surface area contributed by atoms with E-state index in [0.717, 1.165) is 23.9 Å². The van der Waals surface area contributed by atoms with Crippen LogP contribution in [-0.4, -0.2) is 20.6 Å². The van der Waals surface area contributed by atoms with E-state index in [-0.39, 0.29) is 0 Å². The van der Waals surface area contributed by atoms with Gasteiger partial charge in [0.2, 0.25) is 5.95 Å². The van der Waals surface area contributed by atoms with E-state index in [0.29, 0.717) is 6.04 Å². The molecule has 1 aliphatic carbocycles. The number of nitrogens with one attached hydrogen (secondary N) is 1. The summed E-state index contributed by atoms with van der Waals surface area (Å²) in [4.78, 5) is 4.64. The van der Waals surface area contributed by atoms with Crippen molar-refractivity contribution in [2.45, 2.75) is 58.4 Å². The van der Waals surface area contributed by atoms with Crippen molar-refractivity contribution in [3.05, 3.63) is 23.9 Å². The maximum absolute atomic E-state index is 4.64. The van der Waals surface area contributed by atoms with Crippen LogP contribution in [-0.2, 0) is 0 Å². The molecule has 1 saturated carbocycles. The van der Waals surface area contributed by atoms with Crippen molar-refractivity contribution in [1.29, 1.82) is 0 Å². The quantitative estimate of drug-likeness (QED) is 0.920. The highest BCUT2D eigenvalue weighted by molar-refractivity contribution is 5.50. The van der Waals surface area contributed by atoms with Gasteiger partial charge in [0, 0.05) is 12.2 Å². The highest BCUT2D eigenvalue weighted by atomic mass is 15.3. The normalized spacial score (nSPS) is 18.3. The fourth-order valence-corrected chi connectivity index (χ4v) is 3.36. The van der Waals surface area contributed by atoms with Gasteiger partial charge in [-0.25, -0.2) is 4.52 Å². The van der Waals surface area contributed by atoms with Gasteiger partial charge in [-0.15, -0.1) is 5.10 Å². The third-order valence-electron chi connectivity index (χ3n) is 4.53. The summed E-state index contributed by atoms with van der Waals surface area (Å²) in [6.45, 7) is 4.33. The molecule has 3 rings (SSSR count). The molecule has 2 aromatic rings. The van der Waals surface area contributed by atoms with E-state index in [4.69, 9.17) is 0 Å². The van der Waals surface area contributed by atoms with Crippen LogP contribution in [0.15, 0.2) is 18.3 Å². The minimum atomic E-state index is 0.507. The van der Waals surface area contributed by atoms with E-state index in [9.17, 15) is 0 Å². The van der Waals surface area contributed by atoms with Crippen molar-refractivity contribution in [3.63, 3.8) is 0 Å². The summed E-state index contributed by atoms with van der Waals surface area (Å²) in [6.07, 6.45) is 9.94. The Morgan fingerprint density at radius 3 is 2.85 bits per heavy atom. The molecule has 1 aliphatic rings. The molecule has 0 radical (unpaired) electrons. The number of aromatic nitrogens is 3. The molecule has 0 aliphatic heterocycles. The molecule has 0 aromatic carbocycles. The van der Waals surface area contributed by atoms with Crippen LogP contribution in [0.4, 0.5) is 5.95 Å². The zero-order valence-corrected chi connectivity index (χ0v) is 12.5. The summed E-state index contributed by atoms with van der Waals surface area (Å²) < 4.78 is 1.87. The number of rotatable bonds is 4. The molecule has 0 bridgehead atoms. The van der Waals surface area contributed by atoms with Gasteiger partial charge in [0.05, 0.1) is 0 Å². The Morgan fingerprint density at radius 1 is 1.35 bits per heavy atom. The second kappa shape index (κ2) is 5.81. The Kier molecular flexibility index (Phi) is 3.90. The lowest BCUT2D eigenvalue weighted by Gasteiger charge is -2.29. The highest BCUT2D eigenvalue weighted by Crippen LogP contribution is 2.29. The fraction of sp³-hybridized carbons (Fsp3) is 0.625. The molecule has 108 valence electrons. The number of anilines is 1. The van der Waals surface area contributed by atoms with Crippen molar-refractivity contribution >= 4 is 11.6 Å². The van der Waals surface area contributed by atoms with Gasteiger partial charge in [-0.3, -0.25) is 0 Å². The Hall–Kier alpha value is -1.58. The van der Waals surface area contributed by atoms with Gasteiger partial charge >= 0.3 is 0 Å². The minimum absolute atomic E-state index is 0.507. The first-order chi connectivity index (χ1) is 9.78. The Balaban J connectivity index is 1.78. The number of fused-ring (bicyclic) bond motifs is 1. The molecule has 2 aromatic heterocycles. The molecular formula is C16H24N4. The second-order valence-corrected chi connectivity index (χ2v) is 5.95. The summed E-state index contributed by atoms with van der Waals surface area (Å²) in [5, 5.41) is 8.12. The molecular weight excluding hydrogens is 248 g/mol. The first-order valence-corrected chi connectivity index (χ1v) is 7.86. The van der Waals surface area contributed by atoms with Gasteiger partial charge in [0.25, 0.3) is 0 Å². The maximum Gasteiger partial charge on any atom is 0.243 e. The molecule has 0 amide bonds. The monoisotopic (exact) mass is 272 g/mol. The van der Waals surface area contributed by atoms with Crippen LogP contribution < -0.4 is 5.32 Å². The zero-order valence-electron chi connectivity index (χ0n) is 12.5. The Labute approximate surface area is 120 Å². The smallest absolute Gasteiger partial charge is 0.243 e. The topological polar surface area (TPSA) is 42.2 Å². The second-order valence-electron chi connectivity index (χ2n) is 5.95. The summed E-state index contributed by atoms with van der Waals surface area (Å²) in [5.74, 6) is 1.55. The number of nitrogens with zero attached hydrogens (tertiary/aromatic N) is 3.